The van der Waals surface area contributed by atoms with E-state index in [0.29, 0.717) is 17.6 Å². The van der Waals surface area contributed by atoms with E-state index in [1.54, 1.807) is 0 Å². The maximum absolute atomic E-state index is 12.0. The van der Waals surface area contributed by atoms with Gasteiger partial charge in [0.2, 0.25) is 0 Å². The molecule has 0 amide bonds. The minimum Gasteiger partial charge on any atom is -0.299 e. The van der Waals surface area contributed by atoms with E-state index in [-0.39, 0.29) is 0 Å². The molecule has 1 saturated heterocycles. The zero-order valence-electron chi connectivity index (χ0n) is 10.1. The molecule has 1 nitrogen and oxygen atoms in total. The Balaban J connectivity index is 2.38. The van der Waals surface area contributed by atoms with Crippen LogP contribution < -0.4 is 0 Å². The second kappa shape index (κ2) is 7.32. The van der Waals surface area contributed by atoms with Gasteiger partial charge in [0, 0.05) is 12.3 Å². The van der Waals surface area contributed by atoms with E-state index >= 15 is 0 Å². The molecule has 0 saturated carbocycles. The Morgan fingerprint density at radius 3 is 2.73 bits per heavy atom. The Labute approximate surface area is 98.4 Å². The van der Waals surface area contributed by atoms with Crippen molar-refractivity contribution in [1.82, 2.24) is 0 Å². The van der Waals surface area contributed by atoms with Crippen LogP contribution in [0.4, 0.5) is 0 Å². The van der Waals surface area contributed by atoms with Gasteiger partial charge in [-0.25, -0.2) is 0 Å². The zero-order chi connectivity index (χ0) is 11.1. The van der Waals surface area contributed by atoms with Crippen LogP contribution in [0.1, 0.15) is 52.4 Å². The molecule has 1 unspecified atom stereocenters. The summed E-state index contributed by atoms with van der Waals surface area (Å²) in [5.74, 6) is 3.91. The molecule has 0 spiro atoms. The van der Waals surface area contributed by atoms with Crippen molar-refractivity contribution in [1.29, 1.82) is 0 Å². The molecule has 1 rings (SSSR count). The highest BCUT2D eigenvalue weighted by Crippen LogP contribution is 2.23. The topological polar surface area (TPSA) is 17.1 Å². The second-order valence-corrected chi connectivity index (χ2v) is 6.24. The molecule has 0 aromatic heterocycles. The number of hydrogen-bond acceptors (Lipinski definition) is 2. The van der Waals surface area contributed by atoms with Crippen LogP contribution >= 0.6 is 11.8 Å². The summed E-state index contributed by atoms with van der Waals surface area (Å²) >= 11 is 2.03. The highest BCUT2D eigenvalue weighted by Gasteiger charge is 2.19. The lowest BCUT2D eigenvalue weighted by Gasteiger charge is -2.15. The third kappa shape index (κ3) is 5.60. The average molecular weight is 228 g/mol. The smallest absolute Gasteiger partial charge is 0.136 e. The van der Waals surface area contributed by atoms with Gasteiger partial charge in [0.15, 0.2) is 0 Å². The molecule has 88 valence electrons. The monoisotopic (exact) mass is 228 g/mol. The van der Waals surface area contributed by atoms with E-state index in [1.807, 2.05) is 11.8 Å². The van der Waals surface area contributed by atoms with E-state index in [4.69, 9.17) is 0 Å². The average Bonchev–Trinajstić information content (AvgIpc) is 2.29. The first-order chi connectivity index (χ1) is 7.20. The van der Waals surface area contributed by atoms with E-state index in [2.05, 4.69) is 13.8 Å². The van der Waals surface area contributed by atoms with Gasteiger partial charge < -0.3 is 0 Å². The van der Waals surface area contributed by atoms with Gasteiger partial charge in [-0.3, -0.25) is 4.79 Å². The Morgan fingerprint density at radius 2 is 2.00 bits per heavy atom. The Morgan fingerprint density at radius 1 is 1.20 bits per heavy atom. The lowest BCUT2D eigenvalue weighted by Crippen LogP contribution is -2.17. The fourth-order valence-corrected chi connectivity index (χ4v) is 3.20. The van der Waals surface area contributed by atoms with E-state index in [0.717, 1.165) is 19.3 Å². The zero-order valence-corrected chi connectivity index (χ0v) is 10.9. The Hall–Kier alpha value is 0.0200. The molecule has 15 heavy (non-hydrogen) atoms. The minimum absolute atomic E-state index is 0.373. The molecular weight excluding hydrogens is 204 g/mol. The van der Waals surface area contributed by atoms with Crippen LogP contribution in [0.25, 0.3) is 0 Å². The molecule has 0 radical (unpaired) electrons. The number of rotatable bonds is 3. The summed E-state index contributed by atoms with van der Waals surface area (Å²) in [4.78, 5) is 12.0. The Kier molecular flexibility index (Phi) is 6.39. The van der Waals surface area contributed by atoms with Crippen LogP contribution in [-0.2, 0) is 4.79 Å². The number of carbonyl (C=O) groups is 1. The SMILES string of the molecule is CC(C)CC(=O)C1CCCCCSCC1. The lowest BCUT2D eigenvalue weighted by molar-refractivity contribution is -0.123. The van der Waals surface area contributed by atoms with Crippen LogP contribution in [0, 0.1) is 11.8 Å². The van der Waals surface area contributed by atoms with Gasteiger partial charge in [-0.05, 0) is 36.7 Å². The largest absolute Gasteiger partial charge is 0.299 e. The summed E-state index contributed by atoms with van der Waals surface area (Å²) in [5, 5.41) is 0. The summed E-state index contributed by atoms with van der Waals surface area (Å²) in [6.07, 6.45) is 6.97. The van der Waals surface area contributed by atoms with Gasteiger partial charge in [-0.1, -0.05) is 26.7 Å². The molecule has 1 atom stereocenters. The highest BCUT2D eigenvalue weighted by atomic mass is 32.2. The van der Waals surface area contributed by atoms with Gasteiger partial charge in [0.1, 0.15) is 5.78 Å². The van der Waals surface area contributed by atoms with Gasteiger partial charge in [0.25, 0.3) is 0 Å². The van der Waals surface area contributed by atoms with Crippen LogP contribution in [0.3, 0.4) is 0 Å². The van der Waals surface area contributed by atoms with Crippen LogP contribution in [0.15, 0.2) is 0 Å². The summed E-state index contributed by atoms with van der Waals surface area (Å²) in [6, 6.07) is 0. The highest BCUT2D eigenvalue weighted by molar-refractivity contribution is 7.99. The summed E-state index contributed by atoms with van der Waals surface area (Å²) in [7, 11) is 0. The standard InChI is InChI=1S/C13H24OS/c1-11(2)10-13(14)12-6-4-3-5-8-15-9-7-12/h11-12H,3-10H2,1-2H3. The van der Waals surface area contributed by atoms with Crippen molar-refractivity contribution >= 4 is 17.5 Å². The summed E-state index contributed by atoms with van der Waals surface area (Å²) < 4.78 is 0. The van der Waals surface area contributed by atoms with Gasteiger partial charge in [0.05, 0.1) is 0 Å². The maximum atomic E-state index is 12.0. The Bertz CT molecular complexity index is 179. The quantitative estimate of drug-likeness (QED) is 0.728. The first-order valence-corrected chi connectivity index (χ1v) is 7.46. The predicted molar refractivity (Wildman–Crippen MR) is 68.4 cm³/mol. The number of hydrogen-bond donors (Lipinski definition) is 0. The predicted octanol–water partition coefficient (Wildman–Crippen LogP) is 3.92. The number of Topliss-reactive ketones (excluding diaryl/α,β-unsaturated/α-hetero) is 1. The van der Waals surface area contributed by atoms with Crippen molar-refractivity contribution < 1.29 is 4.79 Å². The molecule has 1 fully saturated rings. The van der Waals surface area contributed by atoms with E-state index < -0.39 is 0 Å². The van der Waals surface area contributed by atoms with Crippen molar-refractivity contribution in [3.05, 3.63) is 0 Å². The van der Waals surface area contributed by atoms with Crippen LogP contribution in [0.5, 0.6) is 0 Å². The fourth-order valence-electron chi connectivity index (χ4n) is 2.13. The van der Waals surface area contributed by atoms with E-state index in [9.17, 15) is 4.79 Å². The maximum Gasteiger partial charge on any atom is 0.136 e. The summed E-state index contributed by atoms with van der Waals surface area (Å²) in [5.41, 5.74) is 0. The van der Waals surface area contributed by atoms with Gasteiger partial charge in [-0.15, -0.1) is 0 Å². The van der Waals surface area contributed by atoms with Crippen LogP contribution in [0.2, 0.25) is 0 Å². The first-order valence-electron chi connectivity index (χ1n) is 6.30. The lowest BCUT2D eigenvalue weighted by atomic mass is 9.90. The second-order valence-electron chi connectivity index (χ2n) is 5.01. The summed E-state index contributed by atoms with van der Waals surface area (Å²) in [6.45, 7) is 4.28. The van der Waals surface area contributed by atoms with Crippen molar-refractivity contribution in [2.75, 3.05) is 11.5 Å². The molecule has 1 aliphatic heterocycles. The molecule has 1 aliphatic rings. The molecular formula is C13H24OS. The number of carbonyl (C=O) groups excluding carboxylic acids is 1. The number of ketones is 1. The third-order valence-electron chi connectivity index (χ3n) is 3.02. The third-order valence-corrected chi connectivity index (χ3v) is 4.12. The van der Waals surface area contributed by atoms with Crippen LogP contribution in [-0.4, -0.2) is 17.3 Å². The fraction of sp³-hybridized carbons (Fsp3) is 0.923. The van der Waals surface area contributed by atoms with Crippen molar-refractivity contribution in [3.63, 3.8) is 0 Å². The first kappa shape index (κ1) is 13.1. The van der Waals surface area contributed by atoms with Crippen molar-refractivity contribution in [2.24, 2.45) is 11.8 Å². The van der Waals surface area contributed by atoms with Crippen molar-refractivity contribution in [3.8, 4) is 0 Å². The number of thioether (sulfide) groups is 1. The van der Waals surface area contributed by atoms with Crippen molar-refractivity contribution in [2.45, 2.75) is 52.4 Å². The van der Waals surface area contributed by atoms with Gasteiger partial charge in [-0.2, -0.15) is 11.8 Å². The molecule has 1 heterocycles. The molecule has 0 aromatic rings. The molecule has 0 bridgehead atoms. The van der Waals surface area contributed by atoms with E-state index in [1.165, 1.54) is 30.8 Å². The molecule has 0 N–H and O–H groups in total. The molecule has 2 heteroatoms. The molecule has 0 aliphatic carbocycles. The molecule has 0 aromatic carbocycles. The van der Waals surface area contributed by atoms with Gasteiger partial charge >= 0.3 is 0 Å². The minimum atomic E-state index is 0.373. The normalized spacial score (nSPS) is 24.3.